The van der Waals surface area contributed by atoms with Crippen LogP contribution in [-0.4, -0.2) is 6.54 Å². The zero-order valence-electron chi connectivity index (χ0n) is 7.26. The Bertz CT molecular complexity index is 271. The van der Waals surface area contributed by atoms with Gasteiger partial charge in [0.15, 0.2) is 0 Å². The normalized spacial score (nSPS) is 14.1. The van der Waals surface area contributed by atoms with E-state index in [-0.39, 0.29) is 12.4 Å². The topological polar surface area (TPSA) is 12.0 Å². The summed E-state index contributed by atoms with van der Waals surface area (Å²) in [4.78, 5) is 0. The van der Waals surface area contributed by atoms with Gasteiger partial charge in [-0.15, -0.1) is 12.4 Å². The monoisotopic (exact) mass is 183 g/mol. The van der Waals surface area contributed by atoms with Gasteiger partial charge in [0, 0.05) is 12.2 Å². The molecular formula is C10H14ClN. The average molecular weight is 184 g/mol. The van der Waals surface area contributed by atoms with Crippen molar-refractivity contribution in [1.82, 2.24) is 0 Å². The second-order valence-electron chi connectivity index (χ2n) is 3.19. The van der Waals surface area contributed by atoms with E-state index in [4.69, 9.17) is 0 Å². The summed E-state index contributed by atoms with van der Waals surface area (Å²) in [5.41, 5.74) is 4.19. The van der Waals surface area contributed by atoms with E-state index in [0.717, 1.165) is 6.54 Å². The fraction of sp³-hybridized carbons (Fsp3) is 0.400. The lowest BCUT2D eigenvalue weighted by atomic mass is 10.0. The summed E-state index contributed by atoms with van der Waals surface area (Å²) < 4.78 is 0. The Labute approximate surface area is 79.6 Å². The van der Waals surface area contributed by atoms with Gasteiger partial charge in [0.1, 0.15) is 0 Å². The number of hydrogen-bond donors (Lipinski definition) is 1. The third-order valence-corrected chi connectivity index (χ3v) is 2.20. The van der Waals surface area contributed by atoms with E-state index in [1.54, 1.807) is 0 Å². The molecule has 1 heterocycles. The SMILES string of the molecule is Cc1ccc2c(c1)CCCN2.Cl. The van der Waals surface area contributed by atoms with Crippen molar-refractivity contribution in [2.75, 3.05) is 11.9 Å². The van der Waals surface area contributed by atoms with Crippen molar-refractivity contribution in [3.8, 4) is 0 Å². The molecule has 0 saturated heterocycles. The molecule has 0 radical (unpaired) electrons. The van der Waals surface area contributed by atoms with Crippen LogP contribution in [0.3, 0.4) is 0 Å². The fourth-order valence-corrected chi connectivity index (χ4v) is 1.60. The molecule has 0 atom stereocenters. The molecule has 1 nitrogen and oxygen atoms in total. The van der Waals surface area contributed by atoms with Gasteiger partial charge < -0.3 is 5.32 Å². The standard InChI is InChI=1S/C10H13N.ClH/c1-8-4-5-10-9(7-8)3-2-6-11-10;/h4-5,7,11H,2-3,6H2,1H3;1H. The van der Waals surface area contributed by atoms with Gasteiger partial charge in [0.2, 0.25) is 0 Å². The van der Waals surface area contributed by atoms with Crippen LogP contribution in [0.2, 0.25) is 0 Å². The first kappa shape index (κ1) is 9.40. The van der Waals surface area contributed by atoms with Gasteiger partial charge in [-0.2, -0.15) is 0 Å². The summed E-state index contributed by atoms with van der Waals surface area (Å²) in [5.74, 6) is 0. The zero-order valence-corrected chi connectivity index (χ0v) is 8.08. The number of aryl methyl sites for hydroxylation is 2. The number of hydrogen-bond acceptors (Lipinski definition) is 1. The molecular weight excluding hydrogens is 170 g/mol. The van der Waals surface area contributed by atoms with E-state index in [2.05, 4.69) is 30.4 Å². The molecule has 0 bridgehead atoms. The minimum atomic E-state index is 0. The van der Waals surface area contributed by atoms with Crippen LogP contribution in [0, 0.1) is 6.92 Å². The second kappa shape index (κ2) is 3.81. The third kappa shape index (κ3) is 1.72. The van der Waals surface area contributed by atoms with Crippen molar-refractivity contribution in [3.05, 3.63) is 29.3 Å². The molecule has 0 spiro atoms. The Morgan fingerprint density at radius 1 is 1.33 bits per heavy atom. The van der Waals surface area contributed by atoms with E-state index in [9.17, 15) is 0 Å². The summed E-state index contributed by atoms with van der Waals surface area (Å²) in [5, 5.41) is 3.39. The predicted molar refractivity (Wildman–Crippen MR) is 55.2 cm³/mol. The molecule has 0 aromatic heterocycles. The summed E-state index contributed by atoms with van der Waals surface area (Å²) in [6, 6.07) is 6.63. The van der Waals surface area contributed by atoms with E-state index < -0.39 is 0 Å². The number of halogens is 1. The first-order valence-electron chi connectivity index (χ1n) is 4.20. The molecule has 1 aliphatic rings. The van der Waals surface area contributed by atoms with Crippen LogP contribution in [0.1, 0.15) is 17.5 Å². The van der Waals surface area contributed by atoms with E-state index >= 15 is 0 Å². The zero-order chi connectivity index (χ0) is 7.68. The lowest BCUT2D eigenvalue weighted by molar-refractivity contribution is 0.829. The molecule has 0 unspecified atom stereocenters. The van der Waals surface area contributed by atoms with Crippen LogP contribution in [0.15, 0.2) is 18.2 Å². The van der Waals surface area contributed by atoms with Gasteiger partial charge in [-0.3, -0.25) is 0 Å². The molecule has 1 aromatic carbocycles. The van der Waals surface area contributed by atoms with Gasteiger partial charge in [-0.25, -0.2) is 0 Å². The minimum Gasteiger partial charge on any atom is -0.385 e. The van der Waals surface area contributed by atoms with Gasteiger partial charge in [-0.05, 0) is 31.4 Å². The number of benzene rings is 1. The largest absolute Gasteiger partial charge is 0.385 e. The average Bonchev–Trinajstić information content (AvgIpc) is 2.04. The van der Waals surface area contributed by atoms with Crippen molar-refractivity contribution < 1.29 is 0 Å². The fourth-order valence-electron chi connectivity index (χ4n) is 1.60. The minimum absolute atomic E-state index is 0. The van der Waals surface area contributed by atoms with Gasteiger partial charge in [-0.1, -0.05) is 17.7 Å². The number of fused-ring (bicyclic) bond motifs is 1. The summed E-state index contributed by atoms with van der Waals surface area (Å²) in [6.45, 7) is 3.28. The summed E-state index contributed by atoms with van der Waals surface area (Å²) >= 11 is 0. The molecule has 1 N–H and O–H groups in total. The lowest BCUT2D eigenvalue weighted by Gasteiger charge is -2.17. The number of anilines is 1. The van der Waals surface area contributed by atoms with Crippen LogP contribution >= 0.6 is 12.4 Å². The molecule has 2 rings (SSSR count). The highest BCUT2D eigenvalue weighted by Crippen LogP contribution is 2.22. The Morgan fingerprint density at radius 2 is 2.17 bits per heavy atom. The van der Waals surface area contributed by atoms with Gasteiger partial charge in [0.25, 0.3) is 0 Å². The molecule has 66 valence electrons. The van der Waals surface area contributed by atoms with E-state index in [1.165, 1.54) is 29.7 Å². The smallest absolute Gasteiger partial charge is 0.0372 e. The van der Waals surface area contributed by atoms with Crippen LogP contribution in [0.25, 0.3) is 0 Å². The highest BCUT2D eigenvalue weighted by molar-refractivity contribution is 5.85. The lowest BCUT2D eigenvalue weighted by Crippen LogP contribution is -2.11. The Hall–Kier alpha value is -0.690. The third-order valence-electron chi connectivity index (χ3n) is 2.20. The molecule has 0 saturated carbocycles. The Balaban J connectivity index is 0.000000720. The van der Waals surface area contributed by atoms with Crippen LogP contribution < -0.4 is 5.32 Å². The molecule has 0 fully saturated rings. The highest BCUT2D eigenvalue weighted by Gasteiger charge is 2.06. The van der Waals surface area contributed by atoms with Crippen LogP contribution in [0.5, 0.6) is 0 Å². The molecule has 1 aromatic rings. The molecule has 0 amide bonds. The van der Waals surface area contributed by atoms with Crippen LogP contribution in [0.4, 0.5) is 5.69 Å². The maximum atomic E-state index is 3.39. The van der Waals surface area contributed by atoms with Crippen LogP contribution in [-0.2, 0) is 6.42 Å². The first-order valence-corrected chi connectivity index (χ1v) is 4.20. The van der Waals surface area contributed by atoms with E-state index in [0.29, 0.717) is 0 Å². The van der Waals surface area contributed by atoms with E-state index in [1.807, 2.05) is 0 Å². The summed E-state index contributed by atoms with van der Waals surface area (Å²) in [7, 11) is 0. The van der Waals surface area contributed by atoms with Crippen molar-refractivity contribution in [2.24, 2.45) is 0 Å². The maximum absolute atomic E-state index is 3.39. The van der Waals surface area contributed by atoms with Crippen molar-refractivity contribution in [3.63, 3.8) is 0 Å². The van der Waals surface area contributed by atoms with Crippen molar-refractivity contribution in [2.45, 2.75) is 19.8 Å². The first-order chi connectivity index (χ1) is 5.36. The van der Waals surface area contributed by atoms with Gasteiger partial charge >= 0.3 is 0 Å². The van der Waals surface area contributed by atoms with Crippen molar-refractivity contribution in [1.29, 1.82) is 0 Å². The number of rotatable bonds is 0. The highest BCUT2D eigenvalue weighted by atomic mass is 35.5. The summed E-state index contributed by atoms with van der Waals surface area (Å²) in [6.07, 6.45) is 2.51. The second-order valence-corrected chi connectivity index (χ2v) is 3.19. The van der Waals surface area contributed by atoms with Crippen molar-refractivity contribution >= 4 is 18.1 Å². The quantitative estimate of drug-likeness (QED) is 0.652. The molecule has 1 aliphatic heterocycles. The van der Waals surface area contributed by atoms with Gasteiger partial charge in [0.05, 0.1) is 0 Å². The number of nitrogens with one attached hydrogen (secondary N) is 1. The Kier molecular flexibility index (Phi) is 2.99. The molecule has 2 heteroatoms. The molecule has 12 heavy (non-hydrogen) atoms. The maximum Gasteiger partial charge on any atom is 0.0372 e. The molecule has 0 aliphatic carbocycles. The predicted octanol–water partition coefficient (Wildman–Crippen LogP) is 2.77. The Morgan fingerprint density at radius 3 is 3.00 bits per heavy atom.